The van der Waals surface area contributed by atoms with E-state index in [1.807, 2.05) is 36.0 Å². The van der Waals surface area contributed by atoms with Crippen molar-refractivity contribution in [1.29, 1.82) is 0 Å². The number of carbonyl (C=O) groups is 1. The van der Waals surface area contributed by atoms with Crippen LogP contribution in [0, 0.1) is 6.92 Å². The number of hydrogen-bond donors (Lipinski definition) is 1. The number of hydrogen-bond acceptors (Lipinski definition) is 6. The second-order valence-corrected chi connectivity index (χ2v) is 8.99. The van der Waals surface area contributed by atoms with E-state index < -0.39 is 22.2 Å². The van der Waals surface area contributed by atoms with Gasteiger partial charge in [-0.2, -0.15) is 22.6 Å². The molecule has 2 aromatic rings. The topological polar surface area (TPSA) is 109 Å². The quantitative estimate of drug-likeness (QED) is 0.721. The molecule has 0 aromatic carbocycles. The van der Waals surface area contributed by atoms with Crippen molar-refractivity contribution in [2.24, 2.45) is 0 Å². The highest BCUT2D eigenvalue weighted by Gasteiger charge is 2.38. The molecule has 0 bridgehead atoms. The van der Waals surface area contributed by atoms with Crippen molar-refractivity contribution in [3.8, 4) is 0 Å². The second kappa shape index (κ2) is 10.1. The van der Waals surface area contributed by atoms with Crippen LogP contribution in [0.5, 0.6) is 0 Å². The van der Waals surface area contributed by atoms with Crippen LogP contribution in [0.3, 0.4) is 0 Å². The number of aromatic nitrogens is 3. The van der Waals surface area contributed by atoms with Crippen molar-refractivity contribution in [2.75, 3.05) is 30.3 Å². The molecule has 0 saturated carbocycles. The molecule has 0 amide bonds. The summed E-state index contributed by atoms with van der Waals surface area (Å²) in [6.45, 7) is 6.61. The van der Waals surface area contributed by atoms with Crippen LogP contribution in [-0.4, -0.2) is 70.1 Å². The lowest BCUT2D eigenvalue weighted by Gasteiger charge is -2.24. The lowest BCUT2D eigenvalue weighted by molar-refractivity contribution is -0.192. The summed E-state index contributed by atoms with van der Waals surface area (Å²) in [5, 5.41) is 11.4. The first-order valence-electron chi connectivity index (χ1n) is 9.41. The van der Waals surface area contributed by atoms with Gasteiger partial charge >= 0.3 is 12.1 Å². The molecule has 0 aliphatic carbocycles. The van der Waals surface area contributed by atoms with Gasteiger partial charge in [-0.3, -0.25) is 4.68 Å². The van der Waals surface area contributed by atoms with Gasteiger partial charge in [0.2, 0.25) is 10.0 Å². The van der Waals surface area contributed by atoms with Crippen LogP contribution in [0.2, 0.25) is 0 Å². The van der Waals surface area contributed by atoms with E-state index in [0.717, 1.165) is 30.2 Å². The lowest BCUT2D eigenvalue weighted by Crippen LogP contribution is -2.37. The fraction of sp³-hybridized carbons (Fsp3) is 0.500. The average molecular weight is 463 g/mol. The van der Waals surface area contributed by atoms with Gasteiger partial charge in [0, 0.05) is 49.8 Å². The third-order valence-corrected chi connectivity index (χ3v) is 6.35. The zero-order valence-corrected chi connectivity index (χ0v) is 17.9. The number of carboxylic acids is 1. The summed E-state index contributed by atoms with van der Waals surface area (Å²) in [7, 11) is -3.22. The fourth-order valence-corrected chi connectivity index (χ4v) is 3.93. The van der Waals surface area contributed by atoms with E-state index in [-0.39, 0.29) is 5.75 Å². The van der Waals surface area contributed by atoms with E-state index >= 15 is 0 Å². The van der Waals surface area contributed by atoms with E-state index in [0.29, 0.717) is 19.6 Å². The monoisotopic (exact) mass is 463 g/mol. The molecule has 3 heterocycles. The molecule has 0 saturated heterocycles. The molecule has 3 rings (SSSR count). The number of alkyl halides is 3. The van der Waals surface area contributed by atoms with E-state index in [2.05, 4.69) is 15.0 Å². The lowest BCUT2D eigenvalue weighted by atomic mass is 10.2. The minimum Gasteiger partial charge on any atom is -0.475 e. The van der Waals surface area contributed by atoms with Crippen LogP contribution in [-0.2, 0) is 27.9 Å². The zero-order chi connectivity index (χ0) is 23.2. The Labute approximate surface area is 178 Å². The van der Waals surface area contributed by atoms with Crippen LogP contribution in [0.15, 0.2) is 30.6 Å². The number of aliphatic carboxylic acids is 1. The number of anilines is 1. The van der Waals surface area contributed by atoms with Crippen LogP contribution in [0.1, 0.15) is 18.2 Å². The van der Waals surface area contributed by atoms with Gasteiger partial charge in [-0.1, -0.05) is 6.07 Å². The zero-order valence-electron chi connectivity index (χ0n) is 17.1. The van der Waals surface area contributed by atoms with Crippen molar-refractivity contribution in [3.63, 3.8) is 0 Å². The molecule has 13 heteroatoms. The molecule has 0 radical (unpaired) electrons. The first-order chi connectivity index (χ1) is 14.4. The van der Waals surface area contributed by atoms with Gasteiger partial charge in [-0.15, -0.1) is 0 Å². The predicted molar refractivity (Wildman–Crippen MR) is 107 cm³/mol. The van der Waals surface area contributed by atoms with E-state index in [1.54, 1.807) is 17.4 Å². The standard InChI is InChI=1S/C16H23N5O2S.C2HF3O2/c1-3-24(22,23)21-12-10-19(9-11-20-8-4-7-17-20)16-15(13-21)6-5-14(2)18-16;3-2(4,5)1(6)7/h4-8H,3,9-13H2,1-2H3;(H,6,7). The Kier molecular flexibility index (Phi) is 8.01. The maximum absolute atomic E-state index is 12.3. The van der Waals surface area contributed by atoms with Crippen LogP contribution >= 0.6 is 0 Å². The SMILES string of the molecule is CCS(=O)(=O)N1CCN(CCn2cccn2)c2nc(C)ccc2C1.O=C(O)C(F)(F)F. The van der Waals surface area contributed by atoms with Crippen molar-refractivity contribution in [1.82, 2.24) is 19.1 Å². The van der Waals surface area contributed by atoms with Gasteiger partial charge in [-0.05, 0) is 26.0 Å². The molecule has 1 aliphatic rings. The number of fused-ring (bicyclic) bond motifs is 1. The maximum atomic E-state index is 12.3. The Morgan fingerprint density at radius 2 is 1.90 bits per heavy atom. The van der Waals surface area contributed by atoms with Gasteiger partial charge in [0.1, 0.15) is 5.82 Å². The fourth-order valence-electron chi connectivity index (χ4n) is 2.87. The third-order valence-electron chi connectivity index (χ3n) is 4.52. The number of sulfonamides is 1. The van der Waals surface area contributed by atoms with Gasteiger partial charge in [0.25, 0.3) is 0 Å². The van der Waals surface area contributed by atoms with Crippen molar-refractivity contribution < 1.29 is 31.5 Å². The second-order valence-electron chi connectivity index (χ2n) is 6.73. The van der Waals surface area contributed by atoms with Crippen molar-refractivity contribution >= 4 is 21.8 Å². The van der Waals surface area contributed by atoms with E-state index in [4.69, 9.17) is 9.90 Å². The first kappa shape index (κ1) is 24.6. The Bertz CT molecular complexity index is 981. The first-order valence-corrected chi connectivity index (χ1v) is 11.0. The number of nitrogens with zero attached hydrogens (tertiary/aromatic N) is 5. The molecule has 0 unspecified atom stereocenters. The summed E-state index contributed by atoms with van der Waals surface area (Å²) in [6.07, 6.45) is -1.40. The van der Waals surface area contributed by atoms with Crippen LogP contribution in [0.25, 0.3) is 0 Å². The van der Waals surface area contributed by atoms with Gasteiger partial charge in [0.15, 0.2) is 0 Å². The van der Waals surface area contributed by atoms with Gasteiger partial charge < -0.3 is 10.0 Å². The third kappa shape index (κ3) is 6.92. The number of rotatable bonds is 5. The van der Waals surface area contributed by atoms with Crippen LogP contribution < -0.4 is 4.90 Å². The van der Waals surface area contributed by atoms with Gasteiger partial charge in [0.05, 0.1) is 12.3 Å². The highest BCUT2D eigenvalue weighted by atomic mass is 32.2. The smallest absolute Gasteiger partial charge is 0.475 e. The molecule has 172 valence electrons. The molecule has 1 N–H and O–H groups in total. The predicted octanol–water partition coefficient (Wildman–Crippen LogP) is 1.89. The summed E-state index contributed by atoms with van der Waals surface area (Å²) < 4.78 is 59.8. The van der Waals surface area contributed by atoms with Gasteiger partial charge in [-0.25, -0.2) is 18.2 Å². The van der Waals surface area contributed by atoms with Crippen LogP contribution in [0.4, 0.5) is 19.0 Å². The molecule has 1 aliphatic heterocycles. The Morgan fingerprint density at radius 1 is 1.23 bits per heavy atom. The highest BCUT2D eigenvalue weighted by molar-refractivity contribution is 7.89. The Morgan fingerprint density at radius 3 is 2.45 bits per heavy atom. The summed E-state index contributed by atoms with van der Waals surface area (Å²) in [5.74, 6) is -1.75. The number of pyridine rings is 1. The minimum absolute atomic E-state index is 0.120. The molecule has 2 aromatic heterocycles. The highest BCUT2D eigenvalue weighted by Crippen LogP contribution is 2.25. The van der Waals surface area contributed by atoms with Crippen molar-refractivity contribution in [2.45, 2.75) is 33.1 Å². The summed E-state index contributed by atoms with van der Waals surface area (Å²) in [6, 6.07) is 5.82. The number of aryl methyl sites for hydroxylation is 1. The summed E-state index contributed by atoms with van der Waals surface area (Å²) in [5.41, 5.74) is 1.89. The number of halogens is 3. The molecule has 9 nitrogen and oxygen atoms in total. The molecule has 0 spiro atoms. The van der Waals surface area contributed by atoms with Crippen molar-refractivity contribution in [3.05, 3.63) is 41.9 Å². The molecular formula is C18H24F3N5O4S. The molecular weight excluding hydrogens is 439 g/mol. The largest absolute Gasteiger partial charge is 0.490 e. The average Bonchev–Trinajstić information content (AvgIpc) is 3.14. The number of carboxylic acid groups (broad SMARTS) is 1. The van der Waals surface area contributed by atoms with E-state index in [9.17, 15) is 21.6 Å². The molecule has 0 atom stereocenters. The normalized spacial score (nSPS) is 14.9. The molecule has 31 heavy (non-hydrogen) atoms. The molecule has 0 fully saturated rings. The summed E-state index contributed by atoms with van der Waals surface area (Å²) in [4.78, 5) is 15.7. The Hall–Kier alpha value is -2.67. The van der Waals surface area contributed by atoms with E-state index in [1.165, 1.54) is 0 Å². The summed E-state index contributed by atoms with van der Waals surface area (Å²) >= 11 is 0. The Balaban J connectivity index is 0.000000423. The minimum atomic E-state index is -5.08. The maximum Gasteiger partial charge on any atom is 0.490 e.